The third-order valence-electron chi connectivity index (χ3n) is 3.11. The molecule has 1 aromatic rings. The average molecular weight is 297 g/mol. The molecule has 1 atom stereocenters. The summed E-state index contributed by atoms with van der Waals surface area (Å²) in [5.74, 6) is 1.45. The van der Waals surface area contributed by atoms with Crippen LogP contribution in [-0.4, -0.2) is 38.0 Å². The van der Waals surface area contributed by atoms with Crippen LogP contribution in [0.4, 0.5) is 0 Å². The van der Waals surface area contributed by atoms with Crippen molar-refractivity contribution in [1.29, 1.82) is 0 Å². The van der Waals surface area contributed by atoms with Crippen LogP contribution in [0.1, 0.15) is 20.3 Å². The van der Waals surface area contributed by atoms with Gasteiger partial charge in [0.15, 0.2) is 0 Å². The van der Waals surface area contributed by atoms with Crippen molar-refractivity contribution < 1.29 is 14.3 Å². The molecule has 0 amide bonds. The van der Waals surface area contributed by atoms with E-state index < -0.39 is 5.54 Å². The first-order valence-electron chi connectivity index (χ1n) is 6.66. The zero-order chi connectivity index (χ0) is 15.0. The van der Waals surface area contributed by atoms with Crippen molar-refractivity contribution in [2.24, 2.45) is 0 Å². The molecule has 5 heteroatoms. The van der Waals surface area contributed by atoms with Gasteiger partial charge in [-0.1, -0.05) is 13.0 Å². The zero-order valence-electron chi connectivity index (χ0n) is 12.6. The topological polar surface area (TPSA) is 47.6 Å². The van der Waals surface area contributed by atoms with Gasteiger partial charge in [0.1, 0.15) is 11.3 Å². The zero-order valence-corrected chi connectivity index (χ0v) is 13.4. The summed E-state index contributed by atoms with van der Waals surface area (Å²) in [6, 6.07) is 7.91. The summed E-state index contributed by atoms with van der Waals surface area (Å²) >= 11 is 1.70. The van der Waals surface area contributed by atoms with E-state index in [1.54, 1.807) is 18.9 Å². The van der Waals surface area contributed by atoms with Crippen LogP contribution in [-0.2, 0) is 9.53 Å². The second kappa shape index (κ2) is 8.17. The summed E-state index contributed by atoms with van der Waals surface area (Å²) in [6.07, 6.45) is 0.704. The lowest BCUT2D eigenvalue weighted by molar-refractivity contribution is -0.147. The molecule has 0 aliphatic heterocycles. The Bertz CT molecular complexity index is 439. The van der Waals surface area contributed by atoms with Gasteiger partial charge < -0.3 is 14.8 Å². The highest BCUT2D eigenvalue weighted by Crippen LogP contribution is 2.25. The van der Waals surface area contributed by atoms with Gasteiger partial charge in [-0.25, -0.2) is 0 Å². The van der Waals surface area contributed by atoms with E-state index in [0.717, 1.165) is 22.9 Å². The van der Waals surface area contributed by atoms with Gasteiger partial charge in [0.2, 0.25) is 0 Å². The van der Waals surface area contributed by atoms with Gasteiger partial charge in [0.25, 0.3) is 0 Å². The normalized spacial score (nSPS) is 13.6. The first kappa shape index (κ1) is 16.9. The number of rotatable bonds is 8. The average Bonchev–Trinajstić information content (AvgIpc) is 2.46. The molecular formula is C15H23NO3S. The van der Waals surface area contributed by atoms with Gasteiger partial charge in [-0.2, -0.15) is 0 Å². The number of nitrogens with one attached hydrogen (secondary N) is 1. The molecule has 1 aromatic carbocycles. The van der Waals surface area contributed by atoms with E-state index >= 15 is 0 Å². The van der Waals surface area contributed by atoms with E-state index in [1.807, 2.05) is 38.1 Å². The predicted molar refractivity (Wildman–Crippen MR) is 82.4 cm³/mol. The van der Waals surface area contributed by atoms with Crippen LogP contribution >= 0.6 is 11.8 Å². The quantitative estimate of drug-likeness (QED) is 0.590. The van der Waals surface area contributed by atoms with Gasteiger partial charge in [0.05, 0.1) is 14.2 Å². The molecule has 20 heavy (non-hydrogen) atoms. The monoisotopic (exact) mass is 297 g/mol. The van der Waals surface area contributed by atoms with Crippen LogP contribution in [0, 0.1) is 0 Å². The van der Waals surface area contributed by atoms with Crippen molar-refractivity contribution in [2.75, 3.05) is 26.5 Å². The maximum Gasteiger partial charge on any atom is 0.325 e. The molecule has 0 heterocycles. The molecule has 1 N–H and O–H groups in total. The van der Waals surface area contributed by atoms with Gasteiger partial charge in [0, 0.05) is 10.6 Å². The molecule has 0 bridgehead atoms. The van der Waals surface area contributed by atoms with Gasteiger partial charge in [-0.15, -0.1) is 11.8 Å². The number of carbonyl (C=O) groups is 1. The summed E-state index contributed by atoms with van der Waals surface area (Å²) in [7, 11) is 3.08. The van der Waals surface area contributed by atoms with Crippen molar-refractivity contribution in [2.45, 2.75) is 30.7 Å². The number of thioether (sulfide) groups is 1. The summed E-state index contributed by atoms with van der Waals surface area (Å²) in [4.78, 5) is 13.0. The van der Waals surface area contributed by atoms with Crippen LogP contribution in [0.3, 0.4) is 0 Å². The van der Waals surface area contributed by atoms with E-state index in [0.29, 0.717) is 6.42 Å². The third-order valence-corrected chi connectivity index (χ3v) is 4.11. The Kier molecular flexibility index (Phi) is 6.88. The van der Waals surface area contributed by atoms with Crippen molar-refractivity contribution in [3.8, 4) is 5.75 Å². The molecule has 0 aliphatic rings. The standard InChI is InChI=1S/C15H23NO3S/c1-5-16-15(2,14(17)19-4)9-10-20-13-8-6-7-12(11-13)18-3/h6-8,11,16H,5,9-10H2,1-4H3. The Labute approximate surface area is 125 Å². The fourth-order valence-electron chi connectivity index (χ4n) is 1.94. The largest absolute Gasteiger partial charge is 0.497 e. The lowest BCUT2D eigenvalue weighted by atomic mass is 9.99. The van der Waals surface area contributed by atoms with Gasteiger partial charge in [-0.3, -0.25) is 4.79 Å². The number of likely N-dealkylation sites (N-methyl/N-ethyl adjacent to an activating group) is 1. The molecule has 0 aliphatic carbocycles. The van der Waals surface area contributed by atoms with E-state index in [4.69, 9.17) is 9.47 Å². The Morgan fingerprint density at radius 1 is 1.40 bits per heavy atom. The third kappa shape index (κ3) is 4.72. The second-order valence-electron chi connectivity index (χ2n) is 4.63. The lowest BCUT2D eigenvalue weighted by Crippen LogP contribution is -2.50. The Hall–Kier alpha value is -1.20. The molecule has 0 spiro atoms. The lowest BCUT2D eigenvalue weighted by Gasteiger charge is -2.27. The molecule has 1 unspecified atom stereocenters. The number of carbonyl (C=O) groups excluding carboxylic acids is 1. The molecule has 112 valence electrons. The van der Waals surface area contributed by atoms with Crippen molar-refractivity contribution in [3.63, 3.8) is 0 Å². The number of ether oxygens (including phenoxy) is 2. The van der Waals surface area contributed by atoms with E-state index in [9.17, 15) is 4.79 Å². The fraction of sp³-hybridized carbons (Fsp3) is 0.533. The molecule has 4 nitrogen and oxygen atoms in total. The Balaban J connectivity index is 2.57. The first-order valence-corrected chi connectivity index (χ1v) is 7.64. The Morgan fingerprint density at radius 2 is 2.15 bits per heavy atom. The fourth-order valence-corrected chi connectivity index (χ4v) is 3.06. The van der Waals surface area contributed by atoms with Crippen molar-refractivity contribution in [3.05, 3.63) is 24.3 Å². The van der Waals surface area contributed by atoms with Crippen LogP contribution in [0.2, 0.25) is 0 Å². The molecule has 0 saturated heterocycles. The summed E-state index contributed by atoms with van der Waals surface area (Å²) in [6.45, 7) is 4.60. The van der Waals surface area contributed by atoms with Crippen molar-refractivity contribution in [1.82, 2.24) is 5.32 Å². The van der Waals surface area contributed by atoms with Crippen LogP contribution in [0.25, 0.3) is 0 Å². The highest BCUT2D eigenvalue weighted by Gasteiger charge is 2.32. The summed E-state index contributed by atoms with van der Waals surface area (Å²) in [5, 5.41) is 3.21. The predicted octanol–water partition coefficient (Wildman–Crippen LogP) is 2.72. The van der Waals surface area contributed by atoms with Crippen LogP contribution < -0.4 is 10.1 Å². The van der Waals surface area contributed by atoms with E-state index in [-0.39, 0.29) is 5.97 Å². The minimum Gasteiger partial charge on any atom is -0.497 e. The second-order valence-corrected chi connectivity index (χ2v) is 5.80. The van der Waals surface area contributed by atoms with Gasteiger partial charge >= 0.3 is 5.97 Å². The minimum atomic E-state index is -0.630. The summed E-state index contributed by atoms with van der Waals surface area (Å²) < 4.78 is 10.1. The van der Waals surface area contributed by atoms with Crippen molar-refractivity contribution >= 4 is 17.7 Å². The molecule has 0 aromatic heterocycles. The summed E-state index contributed by atoms with van der Waals surface area (Å²) in [5.41, 5.74) is -0.630. The first-order chi connectivity index (χ1) is 9.55. The molecule has 1 rings (SSSR count). The number of esters is 1. The van der Waals surface area contributed by atoms with E-state index in [1.165, 1.54) is 7.11 Å². The maximum absolute atomic E-state index is 11.9. The van der Waals surface area contributed by atoms with Crippen LogP contribution in [0.5, 0.6) is 5.75 Å². The molecule has 0 radical (unpaired) electrons. The molecular weight excluding hydrogens is 274 g/mol. The van der Waals surface area contributed by atoms with E-state index in [2.05, 4.69) is 5.32 Å². The maximum atomic E-state index is 11.9. The highest BCUT2D eigenvalue weighted by atomic mass is 32.2. The number of benzene rings is 1. The Morgan fingerprint density at radius 3 is 2.75 bits per heavy atom. The SMILES string of the molecule is CCNC(C)(CCSc1cccc(OC)c1)C(=O)OC. The highest BCUT2D eigenvalue weighted by molar-refractivity contribution is 7.99. The molecule has 0 fully saturated rings. The van der Waals surface area contributed by atoms with Gasteiger partial charge in [-0.05, 0) is 38.1 Å². The number of hydrogen-bond donors (Lipinski definition) is 1. The number of methoxy groups -OCH3 is 2. The number of hydrogen-bond acceptors (Lipinski definition) is 5. The molecule has 0 saturated carbocycles. The van der Waals surface area contributed by atoms with Crippen LogP contribution in [0.15, 0.2) is 29.2 Å². The minimum absolute atomic E-state index is 0.217. The smallest absolute Gasteiger partial charge is 0.325 e.